The van der Waals surface area contributed by atoms with Crippen molar-refractivity contribution in [1.82, 2.24) is 14.9 Å². The quantitative estimate of drug-likeness (QED) is 0.841. The van der Waals surface area contributed by atoms with Gasteiger partial charge in [-0.05, 0) is 17.7 Å². The maximum absolute atomic E-state index is 12.5. The van der Waals surface area contributed by atoms with Gasteiger partial charge < -0.3 is 14.4 Å². The van der Waals surface area contributed by atoms with Crippen LogP contribution in [-0.4, -0.2) is 47.1 Å². The summed E-state index contributed by atoms with van der Waals surface area (Å²) in [5, 5.41) is 0. The van der Waals surface area contributed by atoms with Gasteiger partial charge in [0.15, 0.2) is 0 Å². The van der Waals surface area contributed by atoms with E-state index < -0.39 is 0 Å². The Morgan fingerprint density at radius 2 is 2.12 bits per heavy atom. The average Bonchev–Trinajstić information content (AvgIpc) is 2.63. The molecule has 6 heteroatoms. The van der Waals surface area contributed by atoms with E-state index in [0.29, 0.717) is 25.4 Å². The molecule has 0 saturated carbocycles. The lowest BCUT2D eigenvalue weighted by molar-refractivity contribution is -0.132. The molecule has 0 radical (unpaired) electrons. The number of likely N-dealkylation sites (tertiary alicyclic amines) is 1. The number of ether oxygens (including phenoxy) is 2. The van der Waals surface area contributed by atoms with Crippen molar-refractivity contribution in [1.29, 1.82) is 0 Å². The third-order valence-electron chi connectivity index (χ3n) is 4.11. The summed E-state index contributed by atoms with van der Waals surface area (Å²) >= 11 is 0. The molecule has 126 valence electrons. The van der Waals surface area contributed by atoms with Gasteiger partial charge in [-0.25, -0.2) is 4.98 Å². The summed E-state index contributed by atoms with van der Waals surface area (Å²) in [6.45, 7) is 1.40. The highest BCUT2D eigenvalue weighted by Gasteiger charge is 2.24. The minimum absolute atomic E-state index is 0.0857. The van der Waals surface area contributed by atoms with Crippen molar-refractivity contribution in [3.63, 3.8) is 0 Å². The molecule has 0 aliphatic carbocycles. The monoisotopic (exact) mass is 327 g/mol. The van der Waals surface area contributed by atoms with E-state index in [9.17, 15) is 4.79 Å². The number of amides is 1. The molecule has 1 aliphatic rings. The van der Waals surface area contributed by atoms with Gasteiger partial charge in [-0.15, -0.1) is 0 Å². The lowest BCUT2D eigenvalue weighted by atomic mass is 10.1. The van der Waals surface area contributed by atoms with Crippen molar-refractivity contribution >= 4 is 5.91 Å². The van der Waals surface area contributed by atoms with Crippen LogP contribution in [0.2, 0.25) is 0 Å². The number of hydrogen-bond acceptors (Lipinski definition) is 5. The molecule has 1 saturated heterocycles. The van der Waals surface area contributed by atoms with Gasteiger partial charge in [0.25, 0.3) is 0 Å². The molecular formula is C18H21N3O3. The van der Waals surface area contributed by atoms with Crippen LogP contribution >= 0.6 is 0 Å². The predicted molar refractivity (Wildman–Crippen MR) is 89.0 cm³/mol. The number of rotatable bonds is 5. The first-order chi connectivity index (χ1) is 11.7. The van der Waals surface area contributed by atoms with Crippen LogP contribution in [0.25, 0.3) is 0 Å². The van der Waals surface area contributed by atoms with Crippen LogP contribution in [0.3, 0.4) is 0 Å². The molecule has 6 nitrogen and oxygen atoms in total. The zero-order valence-corrected chi connectivity index (χ0v) is 13.7. The highest BCUT2D eigenvalue weighted by Crippen LogP contribution is 2.18. The Kier molecular flexibility index (Phi) is 5.25. The molecule has 1 fully saturated rings. The molecule has 3 rings (SSSR count). The molecule has 0 spiro atoms. The SMILES string of the molecule is COc1cccc(CC(=O)N2CCC(Oc3cnccn3)CC2)c1. The first kappa shape index (κ1) is 16.2. The minimum Gasteiger partial charge on any atom is -0.497 e. The molecule has 2 aromatic rings. The maximum atomic E-state index is 12.5. The van der Waals surface area contributed by atoms with E-state index >= 15 is 0 Å². The minimum atomic E-state index is 0.0857. The Morgan fingerprint density at radius 1 is 1.29 bits per heavy atom. The number of benzene rings is 1. The zero-order chi connectivity index (χ0) is 16.8. The summed E-state index contributed by atoms with van der Waals surface area (Å²) in [6.07, 6.45) is 6.94. The number of carbonyl (C=O) groups is 1. The van der Waals surface area contributed by atoms with Crippen molar-refractivity contribution in [2.75, 3.05) is 20.2 Å². The summed E-state index contributed by atoms with van der Waals surface area (Å²) in [5.41, 5.74) is 0.970. The summed E-state index contributed by atoms with van der Waals surface area (Å²) in [5.74, 6) is 1.45. The van der Waals surface area contributed by atoms with Gasteiger partial charge in [-0.2, -0.15) is 0 Å². The average molecular weight is 327 g/mol. The summed E-state index contributed by atoms with van der Waals surface area (Å²) < 4.78 is 11.0. The standard InChI is InChI=1S/C18H21N3O3/c1-23-16-4-2-3-14(11-16)12-18(22)21-9-5-15(6-10-21)24-17-13-19-7-8-20-17/h2-4,7-8,11,13,15H,5-6,9-10,12H2,1H3. The zero-order valence-electron chi connectivity index (χ0n) is 13.7. The van der Waals surface area contributed by atoms with Gasteiger partial charge in [0.1, 0.15) is 11.9 Å². The number of aromatic nitrogens is 2. The first-order valence-corrected chi connectivity index (χ1v) is 8.08. The van der Waals surface area contributed by atoms with E-state index in [1.54, 1.807) is 25.7 Å². The van der Waals surface area contributed by atoms with Crippen LogP contribution in [0.1, 0.15) is 18.4 Å². The Hall–Kier alpha value is -2.63. The van der Waals surface area contributed by atoms with Crippen LogP contribution in [-0.2, 0) is 11.2 Å². The smallest absolute Gasteiger partial charge is 0.232 e. The van der Waals surface area contributed by atoms with Gasteiger partial charge in [-0.3, -0.25) is 9.78 Å². The van der Waals surface area contributed by atoms with E-state index in [1.807, 2.05) is 29.2 Å². The van der Waals surface area contributed by atoms with Crippen molar-refractivity contribution in [2.24, 2.45) is 0 Å². The third-order valence-corrected chi connectivity index (χ3v) is 4.11. The highest BCUT2D eigenvalue weighted by atomic mass is 16.5. The van der Waals surface area contributed by atoms with Crippen molar-refractivity contribution in [3.05, 3.63) is 48.4 Å². The van der Waals surface area contributed by atoms with E-state index in [-0.39, 0.29) is 12.0 Å². The fourth-order valence-corrected chi connectivity index (χ4v) is 2.81. The van der Waals surface area contributed by atoms with Crippen molar-refractivity contribution in [2.45, 2.75) is 25.4 Å². The van der Waals surface area contributed by atoms with Crippen molar-refractivity contribution in [3.8, 4) is 11.6 Å². The Bertz CT molecular complexity index is 670. The molecule has 1 aromatic carbocycles. The topological polar surface area (TPSA) is 64.5 Å². The summed E-state index contributed by atoms with van der Waals surface area (Å²) in [7, 11) is 1.63. The molecular weight excluding hydrogens is 306 g/mol. The van der Waals surface area contributed by atoms with Crippen LogP contribution in [0.15, 0.2) is 42.9 Å². The molecule has 0 atom stereocenters. The van der Waals surface area contributed by atoms with Gasteiger partial charge in [0.2, 0.25) is 11.8 Å². The fraction of sp³-hybridized carbons (Fsp3) is 0.389. The Labute approximate surface area is 141 Å². The van der Waals surface area contributed by atoms with E-state index in [4.69, 9.17) is 9.47 Å². The number of piperidine rings is 1. The second kappa shape index (κ2) is 7.77. The van der Waals surface area contributed by atoms with E-state index in [1.165, 1.54) is 0 Å². The molecule has 24 heavy (non-hydrogen) atoms. The second-order valence-electron chi connectivity index (χ2n) is 5.77. The molecule has 1 aromatic heterocycles. The lowest BCUT2D eigenvalue weighted by Crippen LogP contribution is -2.42. The molecule has 1 amide bonds. The van der Waals surface area contributed by atoms with Gasteiger partial charge in [0.05, 0.1) is 19.7 Å². The normalized spacial score (nSPS) is 15.1. The first-order valence-electron chi connectivity index (χ1n) is 8.08. The Balaban J connectivity index is 1.49. The van der Waals surface area contributed by atoms with Crippen LogP contribution in [0.4, 0.5) is 0 Å². The number of carbonyl (C=O) groups excluding carboxylic acids is 1. The molecule has 0 unspecified atom stereocenters. The highest BCUT2D eigenvalue weighted by molar-refractivity contribution is 5.79. The lowest BCUT2D eigenvalue weighted by Gasteiger charge is -2.32. The predicted octanol–water partition coefficient (Wildman–Crippen LogP) is 2.10. The largest absolute Gasteiger partial charge is 0.497 e. The van der Waals surface area contributed by atoms with Gasteiger partial charge in [0, 0.05) is 38.3 Å². The van der Waals surface area contributed by atoms with Gasteiger partial charge in [-0.1, -0.05) is 12.1 Å². The number of nitrogens with zero attached hydrogens (tertiary/aromatic N) is 3. The second-order valence-corrected chi connectivity index (χ2v) is 5.77. The number of methoxy groups -OCH3 is 1. The maximum Gasteiger partial charge on any atom is 0.232 e. The van der Waals surface area contributed by atoms with Crippen LogP contribution in [0, 0.1) is 0 Å². The van der Waals surface area contributed by atoms with Gasteiger partial charge >= 0.3 is 0 Å². The van der Waals surface area contributed by atoms with Crippen LogP contribution < -0.4 is 9.47 Å². The molecule has 0 N–H and O–H groups in total. The summed E-state index contributed by atoms with van der Waals surface area (Å²) in [4.78, 5) is 22.5. The number of hydrogen-bond donors (Lipinski definition) is 0. The molecule has 0 bridgehead atoms. The summed E-state index contributed by atoms with van der Waals surface area (Å²) in [6, 6.07) is 7.64. The fourth-order valence-electron chi connectivity index (χ4n) is 2.81. The van der Waals surface area contributed by atoms with E-state index in [2.05, 4.69) is 9.97 Å². The molecule has 2 heterocycles. The molecule has 1 aliphatic heterocycles. The van der Waals surface area contributed by atoms with Crippen molar-refractivity contribution < 1.29 is 14.3 Å². The van der Waals surface area contributed by atoms with E-state index in [0.717, 1.165) is 24.2 Å². The third kappa shape index (κ3) is 4.22. The Morgan fingerprint density at radius 3 is 2.83 bits per heavy atom. The van der Waals surface area contributed by atoms with Crippen LogP contribution in [0.5, 0.6) is 11.6 Å².